The van der Waals surface area contributed by atoms with E-state index in [2.05, 4.69) is 27.3 Å². The Labute approximate surface area is 104 Å². The van der Waals surface area contributed by atoms with Crippen LogP contribution in [0.2, 0.25) is 0 Å². The lowest BCUT2D eigenvalue weighted by Gasteiger charge is -2.00. The SMILES string of the molecule is COC(=O)c1cc2cc(I)ccc2oc1=O. The van der Waals surface area contributed by atoms with Crippen LogP contribution in [-0.2, 0) is 4.74 Å². The van der Waals surface area contributed by atoms with Crippen LogP contribution >= 0.6 is 22.6 Å². The number of methoxy groups -OCH3 is 1. The standard InChI is InChI=1S/C11H7IO4/c1-15-10(13)8-5-6-4-7(12)2-3-9(6)16-11(8)14/h2-5H,1H3. The van der Waals surface area contributed by atoms with Crippen molar-refractivity contribution in [1.82, 2.24) is 0 Å². The van der Waals surface area contributed by atoms with Crippen LogP contribution in [0.15, 0.2) is 33.5 Å². The van der Waals surface area contributed by atoms with Crippen molar-refractivity contribution in [2.45, 2.75) is 0 Å². The maximum atomic E-state index is 11.4. The molecule has 0 saturated heterocycles. The molecule has 0 saturated carbocycles. The zero-order valence-electron chi connectivity index (χ0n) is 8.32. The maximum Gasteiger partial charge on any atom is 0.351 e. The first-order valence-corrected chi connectivity index (χ1v) is 5.51. The van der Waals surface area contributed by atoms with Gasteiger partial charge in [-0.1, -0.05) is 0 Å². The smallest absolute Gasteiger partial charge is 0.351 e. The number of benzene rings is 1. The number of hydrogen-bond donors (Lipinski definition) is 0. The van der Waals surface area contributed by atoms with E-state index >= 15 is 0 Å². The molecule has 0 atom stereocenters. The minimum absolute atomic E-state index is 0.0861. The first-order valence-electron chi connectivity index (χ1n) is 4.43. The normalized spacial score (nSPS) is 10.4. The summed E-state index contributed by atoms with van der Waals surface area (Å²) in [4.78, 5) is 22.7. The molecule has 0 fully saturated rings. The third-order valence-electron chi connectivity index (χ3n) is 2.10. The van der Waals surface area contributed by atoms with Gasteiger partial charge in [-0.25, -0.2) is 9.59 Å². The molecule has 0 aliphatic carbocycles. The van der Waals surface area contributed by atoms with Gasteiger partial charge in [-0.3, -0.25) is 0 Å². The first kappa shape index (κ1) is 11.1. The van der Waals surface area contributed by atoms with E-state index in [1.807, 2.05) is 12.1 Å². The van der Waals surface area contributed by atoms with E-state index in [4.69, 9.17) is 4.42 Å². The maximum absolute atomic E-state index is 11.4. The Morgan fingerprint density at radius 3 is 2.81 bits per heavy atom. The van der Waals surface area contributed by atoms with Crippen LogP contribution in [0.5, 0.6) is 0 Å². The molecule has 1 aromatic heterocycles. The molecule has 0 aliphatic rings. The molecule has 16 heavy (non-hydrogen) atoms. The molecule has 2 rings (SSSR count). The molecule has 0 spiro atoms. The van der Waals surface area contributed by atoms with Crippen molar-refractivity contribution in [3.8, 4) is 0 Å². The Morgan fingerprint density at radius 1 is 1.38 bits per heavy atom. The van der Waals surface area contributed by atoms with Crippen molar-refractivity contribution in [3.05, 3.63) is 43.8 Å². The molecule has 0 aliphatic heterocycles. The largest absolute Gasteiger partial charge is 0.465 e. The third-order valence-corrected chi connectivity index (χ3v) is 2.77. The summed E-state index contributed by atoms with van der Waals surface area (Å²) in [5, 5.41) is 0.701. The van der Waals surface area contributed by atoms with Crippen LogP contribution in [0.4, 0.5) is 0 Å². The summed E-state index contributed by atoms with van der Waals surface area (Å²) < 4.78 is 10.5. The van der Waals surface area contributed by atoms with Crippen LogP contribution in [-0.4, -0.2) is 13.1 Å². The highest BCUT2D eigenvalue weighted by molar-refractivity contribution is 14.1. The lowest BCUT2D eigenvalue weighted by atomic mass is 10.2. The Balaban J connectivity index is 2.74. The predicted molar refractivity (Wildman–Crippen MR) is 66.5 cm³/mol. The quantitative estimate of drug-likeness (QED) is 0.457. The van der Waals surface area contributed by atoms with Crippen LogP contribution in [0, 0.1) is 3.57 Å². The lowest BCUT2D eigenvalue weighted by molar-refractivity contribution is 0.0596. The highest BCUT2D eigenvalue weighted by atomic mass is 127. The van der Waals surface area contributed by atoms with Crippen molar-refractivity contribution < 1.29 is 13.9 Å². The zero-order chi connectivity index (χ0) is 11.7. The average molecular weight is 330 g/mol. The van der Waals surface area contributed by atoms with E-state index in [-0.39, 0.29) is 5.56 Å². The van der Waals surface area contributed by atoms with E-state index in [1.54, 1.807) is 6.07 Å². The van der Waals surface area contributed by atoms with Crippen molar-refractivity contribution in [3.63, 3.8) is 0 Å². The third kappa shape index (κ3) is 1.95. The van der Waals surface area contributed by atoms with Crippen molar-refractivity contribution in [2.75, 3.05) is 7.11 Å². The second-order valence-corrected chi connectivity index (χ2v) is 4.37. The van der Waals surface area contributed by atoms with Crippen molar-refractivity contribution >= 4 is 39.5 Å². The Morgan fingerprint density at radius 2 is 2.12 bits per heavy atom. The highest BCUT2D eigenvalue weighted by Gasteiger charge is 2.13. The average Bonchev–Trinajstić information content (AvgIpc) is 2.28. The molecule has 0 N–H and O–H groups in total. The van der Waals surface area contributed by atoms with E-state index < -0.39 is 11.6 Å². The van der Waals surface area contributed by atoms with Gasteiger partial charge in [-0.2, -0.15) is 0 Å². The number of hydrogen-bond acceptors (Lipinski definition) is 4. The summed E-state index contributed by atoms with van der Waals surface area (Å²) in [6.45, 7) is 0. The molecular formula is C11H7IO4. The van der Waals surface area contributed by atoms with Crippen LogP contribution < -0.4 is 5.63 Å². The van der Waals surface area contributed by atoms with Gasteiger partial charge in [0.15, 0.2) is 0 Å². The molecule has 5 heteroatoms. The van der Waals surface area contributed by atoms with Crippen molar-refractivity contribution in [2.24, 2.45) is 0 Å². The lowest BCUT2D eigenvalue weighted by Crippen LogP contribution is -2.14. The number of ether oxygens (including phenoxy) is 1. The Kier molecular flexibility index (Phi) is 2.95. The molecular weight excluding hydrogens is 323 g/mol. The minimum atomic E-state index is -0.686. The molecule has 0 amide bonds. The molecule has 0 bridgehead atoms. The first-order chi connectivity index (χ1) is 7.61. The topological polar surface area (TPSA) is 56.5 Å². The molecule has 4 nitrogen and oxygen atoms in total. The number of carbonyl (C=O) groups excluding carboxylic acids is 1. The monoisotopic (exact) mass is 330 g/mol. The summed E-state index contributed by atoms with van der Waals surface area (Å²) in [5.41, 5.74) is -0.310. The van der Waals surface area contributed by atoms with Gasteiger partial charge in [0, 0.05) is 8.96 Å². The summed E-state index contributed by atoms with van der Waals surface area (Å²) in [7, 11) is 1.22. The van der Waals surface area contributed by atoms with Gasteiger partial charge in [0.2, 0.25) is 0 Å². The zero-order valence-corrected chi connectivity index (χ0v) is 10.5. The molecule has 0 unspecified atom stereocenters. The number of carbonyl (C=O) groups is 1. The van der Waals surface area contributed by atoms with E-state index in [9.17, 15) is 9.59 Å². The molecule has 0 radical (unpaired) electrons. The van der Waals surface area contributed by atoms with Crippen LogP contribution in [0.1, 0.15) is 10.4 Å². The van der Waals surface area contributed by atoms with Gasteiger partial charge >= 0.3 is 11.6 Å². The molecule has 1 aromatic carbocycles. The predicted octanol–water partition coefficient (Wildman–Crippen LogP) is 2.18. The van der Waals surface area contributed by atoms with Gasteiger partial charge < -0.3 is 9.15 Å². The Hall–Kier alpha value is -1.37. The molecule has 1 heterocycles. The van der Waals surface area contributed by atoms with Crippen molar-refractivity contribution in [1.29, 1.82) is 0 Å². The van der Waals surface area contributed by atoms with Gasteiger partial charge in [-0.15, -0.1) is 0 Å². The highest BCUT2D eigenvalue weighted by Crippen LogP contribution is 2.17. The summed E-state index contributed by atoms with van der Waals surface area (Å²) in [5.74, 6) is -0.686. The van der Waals surface area contributed by atoms with Gasteiger partial charge in [-0.05, 0) is 46.9 Å². The molecule has 2 aromatic rings. The van der Waals surface area contributed by atoms with E-state index in [0.29, 0.717) is 11.0 Å². The fourth-order valence-electron chi connectivity index (χ4n) is 1.35. The number of halogens is 1. The second kappa shape index (κ2) is 4.25. The minimum Gasteiger partial charge on any atom is -0.465 e. The fraction of sp³-hybridized carbons (Fsp3) is 0.0909. The van der Waals surface area contributed by atoms with E-state index in [1.165, 1.54) is 13.2 Å². The Bertz CT molecular complexity index is 615. The number of esters is 1. The fourth-order valence-corrected chi connectivity index (χ4v) is 1.86. The number of rotatable bonds is 1. The van der Waals surface area contributed by atoms with Crippen LogP contribution in [0.25, 0.3) is 11.0 Å². The van der Waals surface area contributed by atoms with Gasteiger partial charge in [0.05, 0.1) is 7.11 Å². The molecule has 82 valence electrons. The summed E-state index contributed by atoms with van der Waals surface area (Å²) in [6.07, 6.45) is 0. The van der Waals surface area contributed by atoms with Crippen LogP contribution in [0.3, 0.4) is 0 Å². The van der Waals surface area contributed by atoms with E-state index in [0.717, 1.165) is 3.57 Å². The second-order valence-electron chi connectivity index (χ2n) is 3.12. The van der Waals surface area contributed by atoms with Gasteiger partial charge in [0.1, 0.15) is 11.1 Å². The van der Waals surface area contributed by atoms with Gasteiger partial charge in [0.25, 0.3) is 0 Å². The number of fused-ring (bicyclic) bond motifs is 1. The summed E-state index contributed by atoms with van der Waals surface area (Å²) in [6, 6.07) is 6.82. The summed E-state index contributed by atoms with van der Waals surface area (Å²) >= 11 is 2.14.